The van der Waals surface area contributed by atoms with E-state index in [1.54, 1.807) is 32.4 Å². The van der Waals surface area contributed by atoms with Crippen LogP contribution in [0.15, 0.2) is 55.4 Å². The first-order valence-electron chi connectivity index (χ1n) is 8.40. The Labute approximate surface area is 157 Å². The molecule has 138 valence electrons. The number of benzene rings is 2. The molecule has 0 radical (unpaired) electrons. The third-order valence-electron chi connectivity index (χ3n) is 4.02. The van der Waals surface area contributed by atoms with Crippen molar-refractivity contribution in [2.75, 3.05) is 14.2 Å². The van der Waals surface area contributed by atoms with Crippen LogP contribution in [0.4, 0.5) is 0 Å². The lowest BCUT2D eigenvalue weighted by Crippen LogP contribution is -2.00. The Morgan fingerprint density at radius 2 is 1.78 bits per heavy atom. The van der Waals surface area contributed by atoms with Gasteiger partial charge in [-0.3, -0.25) is 4.79 Å². The van der Waals surface area contributed by atoms with Gasteiger partial charge in [-0.2, -0.15) is 0 Å². The van der Waals surface area contributed by atoms with Crippen molar-refractivity contribution in [3.8, 4) is 23.1 Å². The summed E-state index contributed by atoms with van der Waals surface area (Å²) in [5, 5.41) is 0.709. The van der Waals surface area contributed by atoms with Crippen molar-refractivity contribution in [1.82, 2.24) is 9.97 Å². The summed E-state index contributed by atoms with van der Waals surface area (Å²) in [6, 6.07) is 10.9. The van der Waals surface area contributed by atoms with E-state index in [0.717, 1.165) is 5.56 Å². The Bertz CT molecular complexity index is 968. The van der Waals surface area contributed by atoms with E-state index >= 15 is 0 Å². The number of Topliss-reactive ketones (excluding diaryl/α,β-unsaturated/α-hetero) is 1. The van der Waals surface area contributed by atoms with E-state index in [2.05, 4.69) is 16.5 Å². The van der Waals surface area contributed by atoms with Crippen LogP contribution in [0.1, 0.15) is 12.0 Å². The molecule has 0 atom stereocenters. The van der Waals surface area contributed by atoms with Crippen molar-refractivity contribution in [2.45, 2.75) is 12.8 Å². The Kier molecular flexibility index (Phi) is 5.66. The highest BCUT2D eigenvalue weighted by Gasteiger charge is 2.12. The molecule has 0 fully saturated rings. The first-order valence-corrected chi connectivity index (χ1v) is 8.40. The zero-order valence-corrected chi connectivity index (χ0v) is 15.3. The summed E-state index contributed by atoms with van der Waals surface area (Å²) in [5.41, 5.74) is 1.61. The van der Waals surface area contributed by atoms with E-state index in [0.29, 0.717) is 46.9 Å². The molecule has 27 heavy (non-hydrogen) atoms. The molecule has 6 heteroatoms. The van der Waals surface area contributed by atoms with Crippen molar-refractivity contribution < 1.29 is 19.0 Å². The number of carbonyl (C=O) groups excluding carboxylic acids is 1. The lowest BCUT2D eigenvalue weighted by atomic mass is 10.1. The average Bonchev–Trinajstić information content (AvgIpc) is 2.68. The molecule has 0 unspecified atom stereocenters. The molecule has 0 saturated carbocycles. The van der Waals surface area contributed by atoms with Crippen molar-refractivity contribution in [2.24, 2.45) is 0 Å². The first kappa shape index (κ1) is 18.4. The SMILES string of the molecule is C=CCC(=O)Cc1ccc(Oc2ncnc3cc(OC)c(OC)cc23)cc1. The number of fused-ring (bicyclic) bond motifs is 1. The minimum atomic E-state index is 0.126. The van der Waals surface area contributed by atoms with Gasteiger partial charge in [0, 0.05) is 18.9 Å². The van der Waals surface area contributed by atoms with Crippen LogP contribution in [-0.4, -0.2) is 30.0 Å². The Hall–Kier alpha value is -3.41. The summed E-state index contributed by atoms with van der Waals surface area (Å²) in [5.74, 6) is 2.31. The van der Waals surface area contributed by atoms with Gasteiger partial charge in [-0.1, -0.05) is 18.2 Å². The summed E-state index contributed by atoms with van der Waals surface area (Å²) in [4.78, 5) is 20.2. The number of ether oxygens (including phenoxy) is 3. The molecule has 0 bridgehead atoms. The summed E-state index contributed by atoms with van der Waals surface area (Å²) >= 11 is 0. The molecule has 3 rings (SSSR count). The summed E-state index contributed by atoms with van der Waals surface area (Å²) < 4.78 is 16.6. The summed E-state index contributed by atoms with van der Waals surface area (Å²) in [6.45, 7) is 3.58. The molecule has 0 N–H and O–H groups in total. The van der Waals surface area contributed by atoms with Gasteiger partial charge in [-0.25, -0.2) is 9.97 Å². The van der Waals surface area contributed by atoms with Crippen molar-refractivity contribution in [1.29, 1.82) is 0 Å². The molecule has 1 aromatic heterocycles. The number of ketones is 1. The second-order valence-electron chi connectivity index (χ2n) is 5.86. The molecule has 3 aromatic rings. The highest BCUT2D eigenvalue weighted by atomic mass is 16.5. The van der Waals surface area contributed by atoms with Gasteiger partial charge >= 0.3 is 0 Å². The number of aromatic nitrogens is 2. The summed E-state index contributed by atoms with van der Waals surface area (Å²) in [7, 11) is 3.14. The maximum atomic E-state index is 11.7. The van der Waals surface area contributed by atoms with E-state index < -0.39 is 0 Å². The van der Waals surface area contributed by atoms with Crippen molar-refractivity contribution in [3.05, 3.63) is 60.9 Å². The molecule has 0 saturated heterocycles. The van der Waals surface area contributed by atoms with Gasteiger partial charge in [0.25, 0.3) is 0 Å². The maximum absolute atomic E-state index is 11.7. The topological polar surface area (TPSA) is 70.5 Å². The van der Waals surface area contributed by atoms with E-state index in [4.69, 9.17) is 14.2 Å². The van der Waals surface area contributed by atoms with E-state index in [1.807, 2.05) is 24.3 Å². The second kappa shape index (κ2) is 8.31. The fraction of sp³-hybridized carbons (Fsp3) is 0.190. The van der Waals surface area contributed by atoms with Crippen molar-refractivity contribution in [3.63, 3.8) is 0 Å². The number of nitrogens with zero attached hydrogens (tertiary/aromatic N) is 2. The van der Waals surface area contributed by atoms with E-state index in [1.165, 1.54) is 6.33 Å². The molecule has 0 aliphatic heterocycles. The minimum Gasteiger partial charge on any atom is -0.493 e. The largest absolute Gasteiger partial charge is 0.493 e. The van der Waals surface area contributed by atoms with Crippen molar-refractivity contribution >= 4 is 16.7 Å². The molecule has 0 aliphatic carbocycles. The smallest absolute Gasteiger partial charge is 0.230 e. The predicted molar refractivity (Wildman–Crippen MR) is 103 cm³/mol. The number of allylic oxidation sites excluding steroid dienone is 1. The van der Waals surface area contributed by atoms with Crippen LogP contribution in [0, 0.1) is 0 Å². The van der Waals surface area contributed by atoms with Gasteiger partial charge in [0.1, 0.15) is 17.9 Å². The molecule has 0 amide bonds. The predicted octanol–water partition coefficient (Wildman–Crippen LogP) is 4.13. The van der Waals surface area contributed by atoms with Crippen LogP contribution in [0.3, 0.4) is 0 Å². The Balaban J connectivity index is 1.86. The van der Waals surface area contributed by atoms with Gasteiger partial charge in [-0.15, -0.1) is 6.58 Å². The maximum Gasteiger partial charge on any atom is 0.230 e. The number of methoxy groups -OCH3 is 2. The molecular weight excluding hydrogens is 344 g/mol. The minimum absolute atomic E-state index is 0.126. The number of rotatable bonds is 8. The highest BCUT2D eigenvalue weighted by Crippen LogP contribution is 2.35. The van der Waals surface area contributed by atoms with E-state index in [-0.39, 0.29) is 5.78 Å². The van der Waals surface area contributed by atoms with Crippen LogP contribution >= 0.6 is 0 Å². The Morgan fingerprint density at radius 1 is 1.07 bits per heavy atom. The average molecular weight is 364 g/mol. The lowest BCUT2D eigenvalue weighted by molar-refractivity contribution is -0.117. The monoisotopic (exact) mass is 364 g/mol. The van der Waals surface area contributed by atoms with Crippen LogP contribution in [-0.2, 0) is 11.2 Å². The van der Waals surface area contributed by atoms with Crippen LogP contribution in [0.2, 0.25) is 0 Å². The summed E-state index contributed by atoms with van der Waals surface area (Å²) in [6.07, 6.45) is 3.80. The fourth-order valence-electron chi connectivity index (χ4n) is 2.69. The molecule has 2 aromatic carbocycles. The molecule has 1 heterocycles. The molecular formula is C21H20N2O4. The number of hydrogen-bond acceptors (Lipinski definition) is 6. The highest BCUT2D eigenvalue weighted by molar-refractivity contribution is 5.87. The third-order valence-corrected chi connectivity index (χ3v) is 4.02. The zero-order chi connectivity index (χ0) is 19.2. The number of carbonyl (C=O) groups is 1. The van der Waals surface area contributed by atoms with Gasteiger partial charge in [0.05, 0.1) is 25.1 Å². The van der Waals surface area contributed by atoms with Gasteiger partial charge in [-0.05, 0) is 23.8 Å². The lowest BCUT2D eigenvalue weighted by Gasteiger charge is -2.11. The normalized spacial score (nSPS) is 10.4. The molecule has 0 spiro atoms. The van der Waals surface area contributed by atoms with Crippen LogP contribution in [0.5, 0.6) is 23.1 Å². The third kappa shape index (κ3) is 4.23. The molecule has 0 aliphatic rings. The van der Waals surface area contributed by atoms with Crippen LogP contribution in [0.25, 0.3) is 10.9 Å². The number of hydrogen-bond donors (Lipinski definition) is 0. The van der Waals surface area contributed by atoms with Gasteiger partial charge < -0.3 is 14.2 Å². The Morgan fingerprint density at radius 3 is 2.44 bits per heavy atom. The first-order chi connectivity index (χ1) is 13.1. The van der Waals surface area contributed by atoms with Gasteiger partial charge in [0.2, 0.25) is 5.88 Å². The van der Waals surface area contributed by atoms with Gasteiger partial charge in [0.15, 0.2) is 11.5 Å². The standard InChI is InChI=1S/C21H20N2O4/c1-4-5-15(24)10-14-6-8-16(9-7-14)27-21-17-11-19(25-2)20(26-3)12-18(17)22-13-23-21/h4,6-9,11-13H,1,5,10H2,2-3H3. The second-order valence-corrected chi connectivity index (χ2v) is 5.86. The quantitative estimate of drug-likeness (QED) is 0.560. The van der Waals surface area contributed by atoms with E-state index in [9.17, 15) is 4.79 Å². The fourth-order valence-corrected chi connectivity index (χ4v) is 2.69. The molecule has 6 nitrogen and oxygen atoms in total. The van der Waals surface area contributed by atoms with Crippen LogP contribution < -0.4 is 14.2 Å². The zero-order valence-electron chi connectivity index (χ0n) is 15.3.